The molecule has 0 unspecified atom stereocenters. The second-order valence-electron chi connectivity index (χ2n) is 6.93. The molecule has 150 valence electrons. The van der Waals surface area contributed by atoms with Gasteiger partial charge in [-0.05, 0) is 30.7 Å². The summed E-state index contributed by atoms with van der Waals surface area (Å²) in [4.78, 5) is 30.1. The predicted octanol–water partition coefficient (Wildman–Crippen LogP) is 4.61. The highest BCUT2D eigenvalue weighted by Crippen LogP contribution is 2.37. The van der Waals surface area contributed by atoms with E-state index in [0.29, 0.717) is 16.9 Å². The summed E-state index contributed by atoms with van der Waals surface area (Å²) in [7, 11) is 0. The van der Waals surface area contributed by atoms with Gasteiger partial charge < -0.3 is 10.0 Å². The van der Waals surface area contributed by atoms with Crippen LogP contribution in [-0.4, -0.2) is 27.3 Å². The third kappa shape index (κ3) is 3.65. The molecular weight excluding hydrogens is 382 g/mol. The number of anilines is 2. The van der Waals surface area contributed by atoms with Crippen molar-refractivity contribution in [3.05, 3.63) is 99.7 Å². The second-order valence-corrected chi connectivity index (χ2v) is 6.93. The summed E-state index contributed by atoms with van der Waals surface area (Å²) in [5.41, 5.74) is 2.11. The van der Waals surface area contributed by atoms with Crippen LogP contribution < -0.4 is 4.90 Å². The summed E-state index contributed by atoms with van der Waals surface area (Å²) in [5, 5.41) is 22.0. The van der Waals surface area contributed by atoms with Crippen LogP contribution in [0, 0.1) is 10.1 Å². The maximum Gasteiger partial charge on any atom is 0.272 e. The Morgan fingerprint density at radius 2 is 1.80 bits per heavy atom. The van der Waals surface area contributed by atoms with Crippen LogP contribution in [0.4, 0.5) is 17.2 Å². The molecule has 0 saturated carbocycles. The van der Waals surface area contributed by atoms with Crippen molar-refractivity contribution in [3.63, 3.8) is 0 Å². The van der Waals surface area contributed by atoms with Gasteiger partial charge in [0, 0.05) is 29.9 Å². The quantitative estimate of drug-likeness (QED) is 0.478. The Bertz CT molecular complexity index is 1140. The minimum absolute atomic E-state index is 0.00685. The molecule has 1 aliphatic rings. The number of nitro groups is 1. The van der Waals surface area contributed by atoms with E-state index in [1.54, 1.807) is 36.5 Å². The number of carbonyl (C=O) groups excluding carboxylic acids is 1. The van der Waals surface area contributed by atoms with Crippen molar-refractivity contribution in [1.82, 2.24) is 4.98 Å². The number of hydrogen-bond donors (Lipinski definition) is 1. The first-order valence-corrected chi connectivity index (χ1v) is 9.52. The number of aliphatic hydroxyl groups is 1. The number of carbonyl (C=O) groups is 1. The van der Waals surface area contributed by atoms with Gasteiger partial charge in [0.1, 0.15) is 11.6 Å². The summed E-state index contributed by atoms with van der Waals surface area (Å²) < 4.78 is 0. The lowest BCUT2D eigenvalue weighted by Gasteiger charge is -2.31. The van der Waals surface area contributed by atoms with Crippen LogP contribution in [0.15, 0.2) is 78.5 Å². The van der Waals surface area contributed by atoms with Gasteiger partial charge in [0.05, 0.1) is 22.6 Å². The molecule has 7 heteroatoms. The summed E-state index contributed by atoms with van der Waals surface area (Å²) in [5.74, 6) is 0.246. The van der Waals surface area contributed by atoms with Crippen LogP contribution in [-0.2, 0) is 11.2 Å². The van der Waals surface area contributed by atoms with Crippen LogP contribution >= 0.6 is 0 Å². The van der Waals surface area contributed by atoms with Crippen LogP contribution in [0.1, 0.15) is 17.5 Å². The Kier molecular flexibility index (Phi) is 5.26. The van der Waals surface area contributed by atoms with Crippen molar-refractivity contribution in [2.24, 2.45) is 0 Å². The maximum atomic E-state index is 13.0. The number of hydrogen-bond acceptors (Lipinski definition) is 6. The fraction of sp³-hybridized carbons (Fsp3) is 0.130. The van der Waals surface area contributed by atoms with Crippen molar-refractivity contribution in [2.75, 3.05) is 11.4 Å². The summed E-state index contributed by atoms with van der Waals surface area (Å²) in [6, 6.07) is 19.3. The van der Waals surface area contributed by atoms with Gasteiger partial charge in [0.2, 0.25) is 0 Å². The third-order valence-electron chi connectivity index (χ3n) is 5.11. The highest BCUT2D eigenvalue weighted by atomic mass is 16.6. The number of rotatable bonds is 6. The van der Waals surface area contributed by atoms with E-state index in [2.05, 4.69) is 4.98 Å². The Balaban J connectivity index is 1.63. The molecule has 4 rings (SSSR count). The van der Waals surface area contributed by atoms with E-state index in [1.807, 2.05) is 35.2 Å². The Morgan fingerprint density at radius 3 is 2.57 bits per heavy atom. The molecule has 0 atom stereocenters. The standard InChI is InChI=1S/C23H19N3O4/c27-21(13-12-16-7-4-5-11-20(16)26(29)30)19-15-25(17-8-2-1-3-9-17)23-18(22(19)28)10-6-14-24-23/h1-11,14,28H,12-13,15H2. The summed E-state index contributed by atoms with van der Waals surface area (Å²) >= 11 is 0. The third-order valence-corrected chi connectivity index (χ3v) is 5.11. The largest absolute Gasteiger partial charge is 0.507 e. The number of benzene rings is 2. The van der Waals surface area contributed by atoms with Gasteiger partial charge in [-0.2, -0.15) is 0 Å². The van der Waals surface area contributed by atoms with Crippen LogP contribution in [0.3, 0.4) is 0 Å². The number of nitro benzene ring substituents is 1. The minimum atomic E-state index is -0.448. The molecule has 0 spiro atoms. The van der Waals surface area contributed by atoms with Crippen molar-refractivity contribution in [1.29, 1.82) is 0 Å². The average molecular weight is 401 g/mol. The first kappa shape index (κ1) is 19.3. The number of ketones is 1. The zero-order chi connectivity index (χ0) is 21.1. The highest BCUT2D eigenvalue weighted by molar-refractivity contribution is 6.05. The van der Waals surface area contributed by atoms with E-state index >= 15 is 0 Å². The number of fused-ring (bicyclic) bond motifs is 1. The minimum Gasteiger partial charge on any atom is -0.507 e. The van der Waals surface area contributed by atoms with Crippen molar-refractivity contribution >= 4 is 28.7 Å². The number of aliphatic hydroxyl groups excluding tert-OH is 1. The Morgan fingerprint density at radius 1 is 1.07 bits per heavy atom. The fourth-order valence-corrected chi connectivity index (χ4v) is 3.61. The zero-order valence-corrected chi connectivity index (χ0v) is 16.1. The molecule has 1 aromatic heterocycles. The molecule has 0 fully saturated rings. The van der Waals surface area contributed by atoms with Crippen LogP contribution in [0.25, 0.3) is 5.76 Å². The molecule has 3 aromatic rings. The lowest BCUT2D eigenvalue weighted by atomic mass is 9.95. The summed E-state index contributed by atoms with van der Waals surface area (Å²) in [6.45, 7) is 0.176. The Hall–Kier alpha value is -4.00. The van der Waals surface area contributed by atoms with E-state index in [-0.39, 0.29) is 42.2 Å². The number of nitrogens with zero attached hydrogens (tertiary/aromatic N) is 3. The molecule has 7 nitrogen and oxygen atoms in total. The molecule has 0 amide bonds. The maximum absolute atomic E-state index is 13.0. The summed E-state index contributed by atoms with van der Waals surface area (Å²) in [6.07, 6.45) is 1.92. The number of aromatic nitrogens is 1. The van der Waals surface area contributed by atoms with Gasteiger partial charge in [-0.25, -0.2) is 4.98 Å². The second kappa shape index (κ2) is 8.16. The molecule has 0 aliphatic carbocycles. The van der Waals surface area contributed by atoms with E-state index in [4.69, 9.17) is 0 Å². The van der Waals surface area contributed by atoms with Gasteiger partial charge in [-0.1, -0.05) is 36.4 Å². The van der Waals surface area contributed by atoms with E-state index in [9.17, 15) is 20.0 Å². The number of pyridine rings is 1. The number of aryl methyl sites for hydroxylation is 1. The molecule has 0 bridgehead atoms. The molecule has 2 heterocycles. The molecule has 30 heavy (non-hydrogen) atoms. The normalized spacial score (nSPS) is 13.1. The van der Waals surface area contributed by atoms with E-state index in [0.717, 1.165) is 5.69 Å². The highest BCUT2D eigenvalue weighted by Gasteiger charge is 2.29. The monoisotopic (exact) mass is 401 g/mol. The van der Waals surface area contributed by atoms with Crippen molar-refractivity contribution in [2.45, 2.75) is 12.8 Å². The lowest BCUT2D eigenvalue weighted by molar-refractivity contribution is -0.385. The lowest BCUT2D eigenvalue weighted by Crippen LogP contribution is -2.30. The predicted molar refractivity (Wildman–Crippen MR) is 114 cm³/mol. The van der Waals surface area contributed by atoms with Gasteiger partial charge in [0.15, 0.2) is 5.78 Å². The molecule has 0 saturated heterocycles. The Labute approximate surface area is 173 Å². The first-order valence-electron chi connectivity index (χ1n) is 9.52. The molecule has 0 radical (unpaired) electrons. The molecule has 1 N–H and O–H groups in total. The first-order chi connectivity index (χ1) is 14.6. The van der Waals surface area contributed by atoms with Gasteiger partial charge >= 0.3 is 0 Å². The molecule has 1 aliphatic heterocycles. The average Bonchev–Trinajstić information content (AvgIpc) is 2.78. The van der Waals surface area contributed by atoms with Crippen LogP contribution in [0.2, 0.25) is 0 Å². The van der Waals surface area contributed by atoms with Gasteiger partial charge in [-0.3, -0.25) is 14.9 Å². The van der Waals surface area contributed by atoms with Gasteiger partial charge in [0.25, 0.3) is 5.69 Å². The molecule has 2 aromatic carbocycles. The van der Waals surface area contributed by atoms with Crippen LogP contribution in [0.5, 0.6) is 0 Å². The van der Waals surface area contributed by atoms with Gasteiger partial charge in [-0.15, -0.1) is 0 Å². The number of Topliss-reactive ketones (excluding diaryl/α,β-unsaturated/α-hetero) is 1. The zero-order valence-electron chi connectivity index (χ0n) is 16.1. The molecular formula is C23H19N3O4. The van der Waals surface area contributed by atoms with E-state index < -0.39 is 4.92 Å². The fourth-order valence-electron chi connectivity index (χ4n) is 3.61. The number of para-hydroxylation sites is 2. The van der Waals surface area contributed by atoms with Crippen molar-refractivity contribution in [3.8, 4) is 0 Å². The van der Waals surface area contributed by atoms with E-state index in [1.165, 1.54) is 6.07 Å². The smallest absolute Gasteiger partial charge is 0.272 e. The topological polar surface area (TPSA) is 96.6 Å². The SMILES string of the molecule is O=C(CCc1ccccc1[N+](=O)[O-])C1=C(O)c2cccnc2N(c2ccccc2)C1. The van der Waals surface area contributed by atoms with Crippen molar-refractivity contribution < 1.29 is 14.8 Å².